The van der Waals surface area contributed by atoms with Crippen LogP contribution in [0.15, 0.2) is 47.8 Å². The molecule has 9 heteroatoms. The zero-order valence-electron chi connectivity index (χ0n) is 19.2. The zero-order chi connectivity index (χ0) is 24.9. The first-order valence-corrected chi connectivity index (χ1v) is 12.7. The molecule has 0 unspecified atom stereocenters. The monoisotopic (exact) mass is 513 g/mol. The van der Waals surface area contributed by atoms with Gasteiger partial charge >= 0.3 is 0 Å². The second-order valence-corrected chi connectivity index (χ2v) is 9.91. The minimum Gasteiger partial charge on any atom is -0.343 e. The Bertz CT molecular complexity index is 1240. The van der Waals surface area contributed by atoms with Gasteiger partial charge in [-0.15, -0.1) is 11.3 Å². The Morgan fingerprint density at radius 3 is 2.51 bits per heavy atom. The Labute approximate surface area is 212 Å². The number of piperidine rings is 1. The zero-order valence-corrected chi connectivity index (χ0v) is 20.8. The molecule has 4 rings (SSSR count). The molecule has 2 aromatic carbocycles. The molecular formula is C26H25ClFN3O3S. The first-order chi connectivity index (χ1) is 16.8. The van der Waals surface area contributed by atoms with Crippen LogP contribution >= 0.6 is 22.9 Å². The van der Waals surface area contributed by atoms with Crippen molar-refractivity contribution in [3.05, 3.63) is 69.4 Å². The Kier molecular flexibility index (Phi) is 7.93. The van der Waals surface area contributed by atoms with Crippen molar-refractivity contribution in [3.8, 4) is 11.1 Å². The van der Waals surface area contributed by atoms with Gasteiger partial charge in [-0.1, -0.05) is 23.7 Å². The van der Waals surface area contributed by atoms with E-state index >= 15 is 0 Å². The number of likely N-dealkylation sites (tertiary alicyclic amines) is 1. The molecule has 1 aromatic heterocycles. The highest BCUT2D eigenvalue weighted by molar-refractivity contribution is 7.10. The van der Waals surface area contributed by atoms with Crippen molar-refractivity contribution in [2.75, 3.05) is 18.4 Å². The quantitative estimate of drug-likeness (QED) is 0.424. The Hall–Kier alpha value is -3.10. The van der Waals surface area contributed by atoms with Gasteiger partial charge in [0.25, 0.3) is 5.91 Å². The average Bonchev–Trinajstić information content (AvgIpc) is 3.35. The number of thiazole rings is 1. The van der Waals surface area contributed by atoms with Gasteiger partial charge in [0.2, 0.25) is 5.91 Å². The smallest absolute Gasteiger partial charge is 0.275 e. The van der Waals surface area contributed by atoms with Gasteiger partial charge in [-0.3, -0.25) is 9.59 Å². The molecule has 0 saturated carbocycles. The molecule has 1 saturated heterocycles. The molecule has 1 aliphatic rings. The number of nitrogens with zero attached hydrogens (tertiary/aromatic N) is 2. The lowest BCUT2D eigenvalue weighted by Gasteiger charge is -2.31. The van der Waals surface area contributed by atoms with Gasteiger partial charge in [0, 0.05) is 53.5 Å². The van der Waals surface area contributed by atoms with Gasteiger partial charge < -0.3 is 15.0 Å². The van der Waals surface area contributed by atoms with Gasteiger partial charge in [-0.05, 0) is 55.7 Å². The van der Waals surface area contributed by atoms with Crippen molar-refractivity contribution >= 4 is 46.2 Å². The largest absolute Gasteiger partial charge is 0.343 e. The number of aromatic nitrogens is 1. The molecule has 0 aliphatic carbocycles. The third-order valence-electron chi connectivity index (χ3n) is 6.03. The summed E-state index contributed by atoms with van der Waals surface area (Å²) in [6.07, 6.45) is 2.05. The second-order valence-electron chi connectivity index (χ2n) is 8.58. The number of carbonyl (C=O) groups excluding carboxylic acids is 3. The van der Waals surface area contributed by atoms with E-state index in [1.165, 1.54) is 36.5 Å². The van der Waals surface area contributed by atoms with Crippen molar-refractivity contribution in [1.29, 1.82) is 0 Å². The van der Waals surface area contributed by atoms with Crippen molar-refractivity contribution in [2.24, 2.45) is 0 Å². The number of Topliss-reactive ketones (excluding diaryl/α,β-unsaturated/α-hetero) is 1. The van der Waals surface area contributed by atoms with Crippen LogP contribution in [-0.4, -0.2) is 40.6 Å². The van der Waals surface area contributed by atoms with Crippen molar-refractivity contribution in [3.63, 3.8) is 0 Å². The van der Waals surface area contributed by atoms with E-state index in [0.717, 1.165) is 23.4 Å². The molecule has 0 radical (unpaired) electrons. The lowest BCUT2D eigenvalue weighted by molar-refractivity contribution is -0.133. The van der Waals surface area contributed by atoms with E-state index in [0.29, 0.717) is 35.1 Å². The highest BCUT2D eigenvalue weighted by Gasteiger charge is 2.26. The Morgan fingerprint density at radius 2 is 1.83 bits per heavy atom. The Balaban J connectivity index is 1.40. The molecule has 2 heterocycles. The van der Waals surface area contributed by atoms with Crippen LogP contribution in [0.25, 0.3) is 11.1 Å². The summed E-state index contributed by atoms with van der Waals surface area (Å²) in [4.78, 5) is 42.7. The summed E-state index contributed by atoms with van der Waals surface area (Å²) in [6, 6.07) is 11.2. The van der Waals surface area contributed by atoms with Crippen molar-refractivity contribution < 1.29 is 18.8 Å². The van der Waals surface area contributed by atoms with E-state index in [9.17, 15) is 18.8 Å². The summed E-state index contributed by atoms with van der Waals surface area (Å²) < 4.78 is 13.9. The number of amides is 2. The molecule has 1 aliphatic heterocycles. The lowest BCUT2D eigenvalue weighted by Crippen LogP contribution is -2.38. The molecule has 1 fully saturated rings. The maximum Gasteiger partial charge on any atom is 0.275 e. The predicted octanol–water partition coefficient (Wildman–Crippen LogP) is 5.93. The maximum atomic E-state index is 13.9. The third kappa shape index (κ3) is 6.32. The number of anilines is 1. The fraction of sp³-hybridized carbons (Fsp3) is 0.308. The van der Waals surface area contributed by atoms with E-state index in [4.69, 9.17) is 11.6 Å². The number of benzene rings is 2. The summed E-state index contributed by atoms with van der Waals surface area (Å²) in [5.74, 6) is -0.577. The molecular weight excluding hydrogens is 489 g/mol. The normalized spacial score (nSPS) is 14.1. The number of ketones is 1. The van der Waals surface area contributed by atoms with E-state index in [1.807, 2.05) is 0 Å². The summed E-state index contributed by atoms with van der Waals surface area (Å²) >= 11 is 7.40. The molecule has 0 atom stereocenters. The minimum absolute atomic E-state index is 0.00800. The van der Waals surface area contributed by atoms with E-state index < -0.39 is 5.82 Å². The number of hydrogen-bond acceptors (Lipinski definition) is 5. The lowest BCUT2D eigenvalue weighted by atomic mass is 9.97. The van der Waals surface area contributed by atoms with Crippen LogP contribution in [-0.2, 0) is 9.59 Å². The van der Waals surface area contributed by atoms with Crippen molar-refractivity contribution in [2.45, 2.75) is 38.5 Å². The first-order valence-electron chi connectivity index (χ1n) is 11.4. The number of halogens is 2. The van der Waals surface area contributed by atoms with E-state index in [1.54, 1.807) is 34.5 Å². The van der Waals surface area contributed by atoms with Crippen LogP contribution in [0.4, 0.5) is 10.1 Å². The van der Waals surface area contributed by atoms with Crippen molar-refractivity contribution in [1.82, 2.24) is 9.88 Å². The summed E-state index contributed by atoms with van der Waals surface area (Å²) in [7, 11) is 0. The molecule has 1 N–H and O–H groups in total. The fourth-order valence-electron chi connectivity index (χ4n) is 4.08. The van der Waals surface area contributed by atoms with Crippen LogP contribution in [0.2, 0.25) is 5.02 Å². The fourth-order valence-corrected chi connectivity index (χ4v) is 5.17. The predicted molar refractivity (Wildman–Crippen MR) is 135 cm³/mol. The first kappa shape index (κ1) is 25.0. The van der Waals surface area contributed by atoms with Crippen LogP contribution in [0.5, 0.6) is 0 Å². The Morgan fingerprint density at radius 1 is 1.11 bits per heavy atom. The van der Waals surface area contributed by atoms with Gasteiger partial charge in [-0.25, -0.2) is 9.37 Å². The number of nitrogens with one attached hydrogen (secondary N) is 1. The number of hydrogen-bond donors (Lipinski definition) is 1. The standard InChI is InChI=1S/C26H25ClFN3O3S/c1-16(32)2-9-24(33)31-12-10-18(11-13-31)26-30-23(15-35-26)25(34)29-22-8-7-20(28)14-21(22)17-3-5-19(27)6-4-17/h3-8,14-15,18H,2,9-13H2,1H3,(H,29,34). The molecule has 0 spiro atoms. The molecule has 0 bridgehead atoms. The number of rotatable bonds is 7. The maximum absolute atomic E-state index is 13.9. The van der Waals surface area contributed by atoms with Crippen LogP contribution in [0.3, 0.4) is 0 Å². The average molecular weight is 514 g/mol. The summed E-state index contributed by atoms with van der Waals surface area (Å²) in [6.45, 7) is 2.72. The molecule has 6 nitrogen and oxygen atoms in total. The highest BCUT2D eigenvalue weighted by Crippen LogP contribution is 2.32. The molecule has 35 heavy (non-hydrogen) atoms. The summed E-state index contributed by atoms with van der Waals surface area (Å²) in [5.41, 5.74) is 2.06. The SMILES string of the molecule is CC(=O)CCC(=O)N1CCC(c2nc(C(=O)Nc3ccc(F)cc3-c3ccc(Cl)cc3)cs2)CC1. The van der Waals surface area contributed by atoms with Crippen LogP contribution < -0.4 is 5.32 Å². The molecule has 182 valence electrons. The van der Waals surface area contributed by atoms with Gasteiger partial charge in [0.15, 0.2) is 0 Å². The number of carbonyl (C=O) groups is 3. The minimum atomic E-state index is -0.407. The van der Waals surface area contributed by atoms with Gasteiger partial charge in [0.1, 0.15) is 17.3 Å². The molecule has 3 aromatic rings. The van der Waals surface area contributed by atoms with Gasteiger partial charge in [-0.2, -0.15) is 0 Å². The van der Waals surface area contributed by atoms with E-state index in [2.05, 4.69) is 10.3 Å². The second kappa shape index (κ2) is 11.1. The van der Waals surface area contributed by atoms with Crippen LogP contribution in [0.1, 0.15) is 54.0 Å². The topological polar surface area (TPSA) is 79.4 Å². The third-order valence-corrected chi connectivity index (χ3v) is 7.29. The van der Waals surface area contributed by atoms with Crippen LogP contribution in [0, 0.1) is 5.82 Å². The highest BCUT2D eigenvalue weighted by atomic mass is 35.5. The van der Waals surface area contributed by atoms with E-state index in [-0.39, 0.29) is 36.4 Å². The molecule has 2 amide bonds. The summed E-state index contributed by atoms with van der Waals surface area (Å²) in [5, 5.41) is 6.01. The van der Waals surface area contributed by atoms with Gasteiger partial charge in [0.05, 0.1) is 5.01 Å².